The lowest BCUT2D eigenvalue weighted by Crippen LogP contribution is -2.51. The van der Waals surface area contributed by atoms with Gasteiger partial charge in [-0.1, -0.05) is 12.1 Å². The molecule has 2 atom stereocenters. The standard InChI is InChI=1S/C19H25N3O4/c1-3-22-13(2)16(10-20-22)19(24)21-17-8-9-25-12-18(17)26-15-6-4-14(11-23)5-7-15/h4-7,10,17-18,23H,3,8-9,11-12H2,1-2H3,(H,21,24)/t17-,18-/m1/s1. The first kappa shape index (κ1) is 18.4. The number of aliphatic hydroxyl groups is 1. The number of carbonyl (C=O) groups is 1. The zero-order chi connectivity index (χ0) is 18.5. The monoisotopic (exact) mass is 359 g/mol. The molecule has 1 fully saturated rings. The summed E-state index contributed by atoms with van der Waals surface area (Å²) in [7, 11) is 0. The fraction of sp³-hybridized carbons (Fsp3) is 0.474. The van der Waals surface area contributed by atoms with Crippen LogP contribution in [-0.4, -0.2) is 46.2 Å². The van der Waals surface area contributed by atoms with Crippen LogP contribution in [0.25, 0.3) is 0 Å². The number of hydrogen-bond acceptors (Lipinski definition) is 5. The van der Waals surface area contributed by atoms with Crippen LogP contribution < -0.4 is 10.1 Å². The Morgan fingerprint density at radius 3 is 2.85 bits per heavy atom. The van der Waals surface area contributed by atoms with E-state index in [9.17, 15) is 4.79 Å². The van der Waals surface area contributed by atoms with E-state index in [-0.39, 0.29) is 24.7 Å². The van der Waals surface area contributed by atoms with E-state index < -0.39 is 0 Å². The van der Waals surface area contributed by atoms with Crippen LogP contribution in [0.5, 0.6) is 5.75 Å². The minimum absolute atomic E-state index is 0.00367. The molecule has 3 rings (SSSR count). The van der Waals surface area contributed by atoms with Gasteiger partial charge < -0.3 is 19.9 Å². The van der Waals surface area contributed by atoms with E-state index in [2.05, 4.69) is 10.4 Å². The van der Waals surface area contributed by atoms with Gasteiger partial charge >= 0.3 is 0 Å². The molecule has 7 heteroatoms. The largest absolute Gasteiger partial charge is 0.486 e. The number of ether oxygens (including phenoxy) is 2. The highest BCUT2D eigenvalue weighted by molar-refractivity contribution is 5.95. The second kappa shape index (κ2) is 8.33. The van der Waals surface area contributed by atoms with Crippen LogP contribution in [0.2, 0.25) is 0 Å². The van der Waals surface area contributed by atoms with Crippen molar-refractivity contribution in [3.05, 3.63) is 47.3 Å². The van der Waals surface area contributed by atoms with Crippen molar-refractivity contribution < 1.29 is 19.4 Å². The van der Waals surface area contributed by atoms with Crippen molar-refractivity contribution in [3.63, 3.8) is 0 Å². The minimum Gasteiger partial charge on any atom is -0.486 e. The topological polar surface area (TPSA) is 85.6 Å². The maximum absolute atomic E-state index is 12.7. The summed E-state index contributed by atoms with van der Waals surface area (Å²) in [6.45, 7) is 5.61. The number of aromatic nitrogens is 2. The van der Waals surface area contributed by atoms with Crippen LogP contribution in [0, 0.1) is 6.92 Å². The number of nitrogens with one attached hydrogen (secondary N) is 1. The Hall–Kier alpha value is -2.38. The van der Waals surface area contributed by atoms with Crippen LogP contribution in [0.3, 0.4) is 0 Å². The molecular formula is C19H25N3O4. The Kier molecular flexibility index (Phi) is 5.90. The molecule has 0 saturated carbocycles. The zero-order valence-corrected chi connectivity index (χ0v) is 15.1. The molecule has 0 bridgehead atoms. The van der Waals surface area contributed by atoms with Crippen molar-refractivity contribution in [3.8, 4) is 5.75 Å². The SMILES string of the molecule is CCn1ncc(C(=O)N[C@@H]2CCOC[C@H]2Oc2ccc(CO)cc2)c1C. The molecule has 1 aliphatic rings. The lowest BCUT2D eigenvalue weighted by atomic mass is 10.1. The van der Waals surface area contributed by atoms with Crippen molar-refractivity contribution >= 4 is 5.91 Å². The third-order valence-corrected chi connectivity index (χ3v) is 4.66. The van der Waals surface area contributed by atoms with Gasteiger partial charge in [0.2, 0.25) is 0 Å². The van der Waals surface area contributed by atoms with E-state index in [0.29, 0.717) is 30.9 Å². The number of rotatable bonds is 6. The highest BCUT2D eigenvalue weighted by Gasteiger charge is 2.30. The Labute approximate surface area is 152 Å². The van der Waals surface area contributed by atoms with Crippen LogP contribution in [0.4, 0.5) is 0 Å². The number of hydrogen-bond donors (Lipinski definition) is 2. The fourth-order valence-corrected chi connectivity index (χ4v) is 3.08. The van der Waals surface area contributed by atoms with E-state index in [1.807, 2.05) is 38.1 Å². The summed E-state index contributed by atoms with van der Waals surface area (Å²) in [6.07, 6.45) is 2.03. The second-order valence-electron chi connectivity index (χ2n) is 6.36. The molecule has 1 amide bonds. The van der Waals surface area contributed by atoms with E-state index in [1.54, 1.807) is 10.9 Å². The Bertz CT molecular complexity index is 742. The summed E-state index contributed by atoms with van der Waals surface area (Å²) in [5.74, 6) is 0.547. The van der Waals surface area contributed by atoms with Crippen LogP contribution >= 0.6 is 0 Å². The van der Waals surface area contributed by atoms with Crippen molar-refractivity contribution in [1.29, 1.82) is 0 Å². The number of aryl methyl sites for hydroxylation is 1. The highest BCUT2D eigenvalue weighted by Crippen LogP contribution is 2.19. The van der Waals surface area contributed by atoms with Gasteiger partial charge in [0.25, 0.3) is 5.91 Å². The number of carbonyl (C=O) groups excluding carboxylic acids is 1. The number of aliphatic hydroxyl groups excluding tert-OH is 1. The average Bonchev–Trinajstić information content (AvgIpc) is 3.04. The first-order valence-electron chi connectivity index (χ1n) is 8.89. The predicted molar refractivity (Wildman–Crippen MR) is 96.1 cm³/mol. The third kappa shape index (κ3) is 4.05. The van der Waals surface area contributed by atoms with Gasteiger partial charge in [-0.2, -0.15) is 5.10 Å². The normalized spacial score (nSPS) is 20.0. The number of nitrogens with zero attached hydrogens (tertiary/aromatic N) is 2. The maximum Gasteiger partial charge on any atom is 0.255 e. The van der Waals surface area contributed by atoms with Crippen LogP contribution in [0.1, 0.15) is 35.0 Å². The van der Waals surface area contributed by atoms with Gasteiger partial charge in [0, 0.05) is 18.8 Å². The van der Waals surface area contributed by atoms with E-state index >= 15 is 0 Å². The van der Waals surface area contributed by atoms with E-state index in [1.165, 1.54) is 0 Å². The molecule has 2 N–H and O–H groups in total. The van der Waals surface area contributed by atoms with E-state index in [4.69, 9.17) is 14.6 Å². The second-order valence-corrected chi connectivity index (χ2v) is 6.36. The van der Waals surface area contributed by atoms with Gasteiger partial charge in [0.15, 0.2) is 0 Å². The van der Waals surface area contributed by atoms with Gasteiger partial charge in [-0.05, 0) is 38.0 Å². The maximum atomic E-state index is 12.7. The lowest BCUT2D eigenvalue weighted by molar-refractivity contribution is -0.0135. The van der Waals surface area contributed by atoms with Crippen molar-refractivity contribution in [2.45, 2.75) is 45.6 Å². The van der Waals surface area contributed by atoms with Crippen molar-refractivity contribution in [1.82, 2.24) is 15.1 Å². The molecule has 0 unspecified atom stereocenters. The molecule has 2 heterocycles. The molecule has 2 aromatic rings. The first-order chi connectivity index (χ1) is 12.6. The molecule has 1 aliphatic heterocycles. The van der Waals surface area contributed by atoms with Crippen LogP contribution in [0.15, 0.2) is 30.5 Å². The van der Waals surface area contributed by atoms with Crippen molar-refractivity contribution in [2.24, 2.45) is 0 Å². The van der Waals surface area contributed by atoms with Gasteiger partial charge in [-0.15, -0.1) is 0 Å². The van der Waals surface area contributed by atoms with Crippen molar-refractivity contribution in [2.75, 3.05) is 13.2 Å². The minimum atomic E-state index is -0.269. The average molecular weight is 359 g/mol. The zero-order valence-electron chi connectivity index (χ0n) is 15.1. The van der Waals surface area contributed by atoms with Gasteiger partial charge in [0.05, 0.1) is 31.0 Å². The predicted octanol–water partition coefficient (Wildman–Crippen LogP) is 1.67. The summed E-state index contributed by atoms with van der Waals surface area (Å²) in [6, 6.07) is 7.12. The summed E-state index contributed by atoms with van der Waals surface area (Å²) in [5.41, 5.74) is 2.27. The third-order valence-electron chi connectivity index (χ3n) is 4.66. The molecule has 26 heavy (non-hydrogen) atoms. The number of amides is 1. The lowest BCUT2D eigenvalue weighted by Gasteiger charge is -2.32. The quantitative estimate of drug-likeness (QED) is 0.819. The molecule has 1 aromatic carbocycles. The molecular weight excluding hydrogens is 334 g/mol. The van der Waals surface area contributed by atoms with E-state index in [0.717, 1.165) is 17.8 Å². The molecule has 0 spiro atoms. The molecule has 140 valence electrons. The first-order valence-corrected chi connectivity index (χ1v) is 8.89. The fourth-order valence-electron chi connectivity index (χ4n) is 3.08. The Morgan fingerprint density at radius 2 is 2.19 bits per heavy atom. The highest BCUT2D eigenvalue weighted by atomic mass is 16.5. The van der Waals surface area contributed by atoms with Gasteiger partial charge in [-0.25, -0.2) is 0 Å². The molecule has 0 aliphatic carbocycles. The molecule has 7 nitrogen and oxygen atoms in total. The summed E-state index contributed by atoms with van der Waals surface area (Å²) in [4.78, 5) is 12.7. The van der Waals surface area contributed by atoms with Gasteiger partial charge in [0.1, 0.15) is 11.9 Å². The number of benzene rings is 1. The molecule has 1 aromatic heterocycles. The Balaban J connectivity index is 1.67. The van der Waals surface area contributed by atoms with Crippen LogP contribution in [-0.2, 0) is 17.9 Å². The Morgan fingerprint density at radius 1 is 1.42 bits per heavy atom. The summed E-state index contributed by atoms with van der Waals surface area (Å²) in [5, 5.41) is 16.4. The molecule has 1 saturated heterocycles. The molecule has 0 radical (unpaired) electrons. The summed E-state index contributed by atoms with van der Waals surface area (Å²) < 4.78 is 13.3. The smallest absolute Gasteiger partial charge is 0.255 e. The summed E-state index contributed by atoms with van der Waals surface area (Å²) >= 11 is 0. The van der Waals surface area contributed by atoms with Gasteiger partial charge in [-0.3, -0.25) is 9.48 Å².